The molecule has 1 aromatic rings. The zero-order chi connectivity index (χ0) is 12.8. The maximum absolute atomic E-state index is 5.81. The fourth-order valence-corrected chi connectivity index (χ4v) is 2.37. The molecule has 1 heterocycles. The molecule has 0 spiro atoms. The van der Waals surface area contributed by atoms with E-state index in [1.807, 2.05) is 7.05 Å². The van der Waals surface area contributed by atoms with Gasteiger partial charge in [-0.3, -0.25) is 0 Å². The molecule has 1 saturated heterocycles. The van der Waals surface area contributed by atoms with E-state index in [0.717, 1.165) is 26.0 Å². The summed E-state index contributed by atoms with van der Waals surface area (Å²) in [6.07, 6.45) is 3.39. The Morgan fingerprint density at radius 1 is 1.28 bits per heavy atom. The SMILES string of the molecule is CNCc1cc(C)cc(COC2CCCCO2)c1. The van der Waals surface area contributed by atoms with Gasteiger partial charge >= 0.3 is 0 Å². The summed E-state index contributed by atoms with van der Waals surface area (Å²) in [6, 6.07) is 6.59. The van der Waals surface area contributed by atoms with Crippen LogP contribution in [0.3, 0.4) is 0 Å². The molecular weight excluding hydrogens is 226 g/mol. The minimum Gasteiger partial charge on any atom is -0.353 e. The van der Waals surface area contributed by atoms with Crippen LogP contribution < -0.4 is 5.32 Å². The Labute approximate surface area is 109 Å². The molecule has 0 aliphatic carbocycles. The third kappa shape index (κ3) is 4.09. The van der Waals surface area contributed by atoms with Gasteiger partial charge in [-0.25, -0.2) is 0 Å². The number of rotatable bonds is 5. The van der Waals surface area contributed by atoms with Gasteiger partial charge in [0, 0.05) is 13.2 Å². The van der Waals surface area contributed by atoms with Gasteiger partial charge in [0.15, 0.2) is 6.29 Å². The van der Waals surface area contributed by atoms with Crippen LogP contribution in [0.5, 0.6) is 0 Å². The Hall–Kier alpha value is -0.900. The van der Waals surface area contributed by atoms with Crippen molar-refractivity contribution in [1.29, 1.82) is 0 Å². The minimum absolute atomic E-state index is 0.00740. The van der Waals surface area contributed by atoms with Crippen molar-refractivity contribution < 1.29 is 9.47 Å². The molecule has 0 radical (unpaired) electrons. The first-order valence-electron chi connectivity index (χ1n) is 6.75. The summed E-state index contributed by atoms with van der Waals surface area (Å²) in [5, 5.41) is 3.18. The second-order valence-electron chi connectivity index (χ2n) is 4.96. The fraction of sp³-hybridized carbons (Fsp3) is 0.600. The average molecular weight is 249 g/mol. The normalized spacial score (nSPS) is 20.0. The maximum atomic E-state index is 5.81. The van der Waals surface area contributed by atoms with Gasteiger partial charge in [-0.05, 0) is 44.4 Å². The fourth-order valence-electron chi connectivity index (χ4n) is 2.37. The molecule has 100 valence electrons. The lowest BCUT2D eigenvalue weighted by Gasteiger charge is -2.22. The highest BCUT2D eigenvalue weighted by Crippen LogP contribution is 2.17. The van der Waals surface area contributed by atoms with Crippen LogP contribution in [0, 0.1) is 6.92 Å². The molecule has 0 saturated carbocycles. The van der Waals surface area contributed by atoms with Crippen molar-refractivity contribution in [3.8, 4) is 0 Å². The van der Waals surface area contributed by atoms with Gasteiger partial charge < -0.3 is 14.8 Å². The van der Waals surface area contributed by atoms with Gasteiger partial charge in [-0.2, -0.15) is 0 Å². The van der Waals surface area contributed by atoms with Crippen molar-refractivity contribution in [2.24, 2.45) is 0 Å². The van der Waals surface area contributed by atoms with E-state index in [4.69, 9.17) is 9.47 Å². The molecular formula is C15H23NO2. The van der Waals surface area contributed by atoms with Crippen LogP contribution >= 0.6 is 0 Å². The zero-order valence-corrected chi connectivity index (χ0v) is 11.4. The molecule has 1 atom stereocenters. The molecule has 2 rings (SSSR count). The van der Waals surface area contributed by atoms with Gasteiger partial charge in [0.1, 0.15) is 0 Å². The van der Waals surface area contributed by atoms with E-state index in [0.29, 0.717) is 6.61 Å². The van der Waals surface area contributed by atoms with Crippen molar-refractivity contribution in [2.75, 3.05) is 13.7 Å². The quantitative estimate of drug-likeness (QED) is 0.870. The van der Waals surface area contributed by atoms with E-state index >= 15 is 0 Å². The number of hydrogen-bond donors (Lipinski definition) is 1. The third-order valence-corrected chi connectivity index (χ3v) is 3.15. The first-order chi connectivity index (χ1) is 8.78. The molecule has 1 aromatic carbocycles. The minimum atomic E-state index is -0.00740. The Kier molecular flexibility index (Phi) is 5.17. The van der Waals surface area contributed by atoms with Gasteiger partial charge in [0.25, 0.3) is 0 Å². The molecule has 1 aliphatic heterocycles. The number of hydrogen-bond acceptors (Lipinski definition) is 3. The third-order valence-electron chi connectivity index (χ3n) is 3.15. The molecule has 1 N–H and O–H groups in total. The molecule has 0 aromatic heterocycles. The van der Waals surface area contributed by atoms with Crippen LogP contribution in [-0.2, 0) is 22.6 Å². The summed E-state index contributed by atoms with van der Waals surface area (Å²) in [7, 11) is 1.97. The second kappa shape index (κ2) is 6.88. The molecule has 1 fully saturated rings. The Balaban J connectivity index is 1.91. The molecule has 1 aliphatic rings. The van der Waals surface area contributed by atoms with E-state index in [2.05, 4.69) is 30.4 Å². The molecule has 3 nitrogen and oxygen atoms in total. The second-order valence-corrected chi connectivity index (χ2v) is 4.96. The van der Waals surface area contributed by atoms with Crippen LogP contribution in [-0.4, -0.2) is 19.9 Å². The van der Waals surface area contributed by atoms with Crippen molar-refractivity contribution in [3.05, 3.63) is 34.9 Å². The van der Waals surface area contributed by atoms with Crippen LogP contribution in [0.1, 0.15) is 36.0 Å². The molecule has 18 heavy (non-hydrogen) atoms. The van der Waals surface area contributed by atoms with E-state index in [-0.39, 0.29) is 6.29 Å². The predicted molar refractivity (Wildman–Crippen MR) is 72.3 cm³/mol. The number of benzene rings is 1. The van der Waals surface area contributed by atoms with Gasteiger partial charge in [0.05, 0.1) is 6.61 Å². The van der Waals surface area contributed by atoms with E-state index in [1.165, 1.54) is 23.1 Å². The summed E-state index contributed by atoms with van der Waals surface area (Å²) >= 11 is 0. The summed E-state index contributed by atoms with van der Waals surface area (Å²) in [5.74, 6) is 0. The Morgan fingerprint density at radius 3 is 2.83 bits per heavy atom. The highest BCUT2D eigenvalue weighted by molar-refractivity contribution is 5.29. The first-order valence-corrected chi connectivity index (χ1v) is 6.75. The number of ether oxygens (including phenoxy) is 2. The van der Waals surface area contributed by atoms with E-state index < -0.39 is 0 Å². The zero-order valence-electron chi connectivity index (χ0n) is 11.4. The van der Waals surface area contributed by atoms with Gasteiger partial charge in [0.2, 0.25) is 0 Å². The topological polar surface area (TPSA) is 30.5 Å². The lowest BCUT2D eigenvalue weighted by molar-refractivity contribution is -0.168. The predicted octanol–water partition coefficient (Wildman–Crippen LogP) is 2.76. The molecule has 0 bridgehead atoms. The van der Waals surface area contributed by atoms with Gasteiger partial charge in [-0.15, -0.1) is 0 Å². The van der Waals surface area contributed by atoms with Crippen molar-refractivity contribution >= 4 is 0 Å². The molecule has 1 unspecified atom stereocenters. The number of nitrogens with one attached hydrogen (secondary N) is 1. The molecule has 0 amide bonds. The highest BCUT2D eigenvalue weighted by atomic mass is 16.7. The van der Waals surface area contributed by atoms with Crippen molar-refractivity contribution in [2.45, 2.75) is 45.6 Å². The largest absolute Gasteiger partial charge is 0.353 e. The van der Waals surface area contributed by atoms with Crippen LogP contribution in [0.25, 0.3) is 0 Å². The lowest BCUT2D eigenvalue weighted by atomic mass is 10.1. The summed E-state index contributed by atoms with van der Waals surface area (Å²) in [4.78, 5) is 0. The molecule has 3 heteroatoms. The van der Waals surface area contributed by atoms with Crippen LogP contribution in [0.4, 0.5) is 0 Å². The lowest BCUT2D eigenvalue weighted by Crippen LogP contribution is -2.22. The summed E-state index contributed by atoms with van der Waals surface area (Å²) < 4.78 is 11.4. The standard InChI is InChI=1S/C15H23NO2/c1-12-7-13(10-16-2)9-14(8-12)11-18-15-5-3-4-6-17-15/h7-9,15-16H,3-6,10-11H2,1-2H3. The Morgan fingerprint density at radius 2 is 2.11 bits per heavy atom. The monoisotopic (exact) mass is 249 g/mol. The number of aryl methyl sites for hydroxylation is 1. The summed E-state index contributed by atoms with van der Waals surface area (Å²) in [5.41, 5.74) is 3.82. The maximum Gasteiger partial charge on any atom is 0.158 e. The van der Waals surface area contributed by atoms with Gasteiger partial charge in [-0.1, -0.05) is 23.8 Å². The smallest absolute Gasteiger partial charge is 0.158 e. The summed E-state index contributed by atoms with van der Waals surface area (Å²) in [6.45, 7) is 4.50. The van der Waals surface area contributed by atoms with Crippen molar-refractivity contribution in [1.82, 2.24) is 5.32 Å². The Bertz CT molecular complexity index is 373. The van der Waals surface area contributed by atoms with E-state index in [9.17, 15) is 0 Å². The average Bonchev–Trinajstić information content (AvgIpc) is 2.37. The first kappa shape index (κ1) is 13.5. The van der Waals surface area contributed by atoms with Crippen LogP contribution in [0.2, 0.25) is 0 Å². The van der Waals surface area contributed by atoms with Crippen LogP contribution in [0.15, 0.2) is 18.2 Å². The van der Waals surface area contributed by atoms with E-state index in [1.54, 1.807) is 0 Å². The highest BCUT2D eigenvalue weighted by Gasteiger charge is 2.14. The van der Waals surface area contributed by atoms with Crippen molar-refractivity contribution in [3.63, 3.8) is 0 Å².